The molecule has 178 valence electrons. The van der Waals surface area contributed by atoms with Crippen molar-refractivity contribution in [1.82, 2.24) is 30.4 Å². The monoisotopic (exact) mass is 542 g/mol. The molecule has 0 spiro atoms. The van der Waals surface area contributed by atoms with Gasteiger partial charge in [-0.25, -0.2) is 14.8 Å². The first-order chi connectivity index (χ1) is 16.3. The van der Waals surface area contributed by atoms with E-state index in [1.807, 2.05) is 0 Å². The molecular weight excluding hydrogens is 528 g/mol. The van der Waals surface area contributed by atoms with E-state index >= 15 is 0 Å². The summed E-state index contributed by atoms with van der Waals surface area (Å²) in [5.74, 6) is -2.07. The Balaban J connectivity index is 1.51. The lowest BCUT2D eigenvalue weighted by molar-refractivity contribution is -0.150. The van der Waals surface area contributed by atoms with Gasteiger partial charge in [-0.05, 0) is 5.57 Å². The Bertz CT molecular complexity index is 1190. The third-order valence-electron chi connectivity index (χ3n) is 4.57. The summed E-state index contributed by atoms with van der Waals surface area (Å²) in [6.45, 7) is 0. The van der Waals surface area contributed by atoms with E-state index in [9.17, 15) is 19.5 Å². The Labute approximate surface area is 209 Å². The van der Waals surface area contributed by atoms with E-state index in [2.05, 4.69) is 30.6 Å². The number of carboxylic acids is 1. The molecule has 4 N–H and O–H groups in total. The summed E-state index contributed by atoms with van der Waals surface area (Å²) in [5, 5.41) is 23.0. The summed E-state index contributed by atoms with van der Waals surface area (Å²) in [5.41, 5.74) is 7.39. The molecule has 1 saturated heterocycles. The van der Waals surface area contributed by atoms with Gasteiger partial charge in [0.15, 0.2) is 10.2 Å². The highest BCUT2D eigenvalue weighted by Crippen LogP contribution is 2.41. The zero-order chi connectivity index (χ0) is 24.4. The summed E-state index contributed by atoms with van der Waals surface area (Å²) in [6.07, 6.45) is 0. The Kier molecular flexibility index (Phi) is 7.20. The van der Waals surface area contributed by atoms with E-state index in [-0.39, 0.29) is 28.2 Å². The Hall–Kier alpha value is -2.95. The van der Waals surface area contributed by atoms with Gasteiger partial charge in [0.05, 0.1) is 0 Å². The molecule has 2 amide bonds. The zero-order valence-corrected chi connectivity index (χ0v) is 20.4. The molecule has 4 rings (SSSR count). The molecule has 2 aromatic rings. The second-order valence-corrected chi connectivity index (χ2v) is 10.2. The number of carbonyl (C=O) groups is 3. The van der Waals surface area contributed by atoms with Crippen LogP contribution >= 0.6 is 46.5 Å². The lowest BCUT2D eigenvalue weighted by atomic mass is 10.0. The molecular formula is C17H15ClN8O5S3. The van der Waals surface area contributed by atoms with Crippen molar-refractivity contribution >= 4 is 75.8 Å². The average molecular weight is 543 g/mol. The van der Waals surface area contributed by atoms with Crippen molar-refractivity contribution in [3.05, 3.63) is 33.8 Å². The number of aliphatic carboxylic acids is 1. The van der Waals surface area contributed by atoms with Crippen LogP contribution in [-0.4, -0.2) is 83.7 Å². The van der Waals surface area contributed by atoms with Gasteiger partial charge in [-0.2, -0.15) is 0 Å². The number of carboxylic acid groups (broad SMARTS) is 1. The SMILES string of the molecule is CON=C(C(=O)NC1C(=O)N2C(C(=O)O)=C(CSc3nncs3)CS[C@@H]12)c1nc(N)cc(Cl)n1. The van der Waals surface area contributed by atoms with Crippen molar-refractivity contribution in [2.75, 3.05) is 24.3 Å². The van der Waals surface area contributed by atoms with Gasteiger partial charge in [-0.1, -0.05) is 39.9 Å². The van der Waals surface area contributed by atoms with Crippen LogP contribution in [0.5, 0.6) is 0 Å². The first-order valence-corrected chi connectivity index (χ1v) is 12.6. The van der Waals surface area contributed by atoms with Crippen LogP contribution in [0.4, 0.5) is 5.82 Å². The molecule has 0 saturated carbocycles. The number of oxime groups is 1. The quantitative estimate of drug-likeness (QED) is 0.138. The van der Waals surface area contributed by atoms with E-state index in [0.29, 0.717) is 21.4 Å². The lowest BCUT2D eigenvalue weighted by Gasteiger charge is -2.49. The highest BCUT2D eigenvalue weighted by Gasteiger charge is 2.54. The van der Waals surface area contributed by atoms with Crippen LogP contribution in [0, 0.1) is 0 Å². The predicted octanol–water partition coefficient (Wildman–Crippen LogP) is 0.445. The smallest absolute Gasteiger partial charge is 0.352 e. The predicted molar refractivity (Wildman–Crippen MR) is 125 cm³/mol. The van der Waals surface area contributed by atoms with Crippen LogP contribution in [-0.2, 0) is 19.2 Å². The number of nitrogens with two attached hydrogens (primary N) is 1. The van der Waals surface area contributed by atoms with Crippen molar-refractivity contribution in [2.24, 2.45) is 5.16 Å². The van der Waals surface area contributed by atoms with Crippen LogP contribution in [0.15, 0.2) is 32.3 Å². The summed E-state index contributed by atoms with van der Waals surface area (Å²) in [4.78, 5) is 51.5. The molecule has 1 unspecified atom stereocenters. The number of rotatable bonds is 8. The number of carbonyl (C=O) groups excluding carboxylic acids is 2. The molecule has 2 aromatic heterocycles. The van der Waals surface area contributed by atoms with Crippen LogP contribution in [0.25, 0.3) is 0 Å². The fraction of sp³-hybridized carbons (Fsp3) is 0.294. The normalized spacial score (nSPS) is 20.0. The number of fused-ring (bicyclic) bond motifs is 1. The topological polar surface area (TPSA) is 186 Å². The average Bonchev–Trinajstić information content (AvgIpc) is 3.31. The molecule has 0 aromatic carbocycles. The van der Waals surface area contributed by atoms with Crippen molar-refractivity contribution in [3.63, 3.8) is 0 Å². The van der Waals surface area contributed by atoms with Crippen molar-refractivity contribution in [3.8, 4) is 0 Å². The maximum Gasteiger partial charge on any atom is 0.352 e. The standard InChI is InChI=1S/C17H15ClN8O5S3/c1-31-25-9(12-21-7(18)2-8(19)22-12)13(27)23-10-14(28)26-11(16(29)30)6(3-32-15(10)26)4-33-17-24-20-5-34-17/h2,5,10,15H,3-4H2,1H3,(H,23,27)(H,29,30)(H2,19,21,22)/t10?,15-/m0/s1. The first-order valence-electron chi connectivity index (χ1n) is 9.31. The number of hydrogen-bond donors (Lipinski definition) is 3. The van der Waals surface area contributed by atoms with Gasteiger partial charge in [0.25, 0.3) is 11.8 Å². The third kappa shape index (κ3) is 4.79. The number of hydrogen-bond acceptors (Lipinski definition) is 13. The largest absolute Gasteiger partial charge is 0.477 e. The second kappa shape index (κ2) is 10.1. The fourth-order valence-corrected chi connectivity index (χ4v) is 6.36. The minimum Gasteiger partial charge on any atom is -0.477 e. The number of nitrogens with one attached hydrogen (secondary N) is 1. The summed E-state index contributed by atoms with van der Waals surface area (Å²) in [7, 11) is 1.22. The third-order valence-corrected chi connectivity index (χ3v) is 8.05. The fourth-order valence-electron chi connectivity index (χ4n) is 3.19. The maximum absolute atomic E-state index is 12.9. The van der Waals surface area contributed by atoms with E-state index in [0.717, 1.165) is 0 Å². The second-order valence-electron chi connectivity index (χ2n) is 6.67. The van der Waals surface area contributed by atoms with Crippen molar-refractivity contribution < 1.29 is 24.3 Å². The Morgan fingerprint density at radius 3 is 2.91 bits per heavy atom. The number of nitrogen functional groups attached to an aromatic ring is 1. The number of nitrogens with zero attached hydrogens (tertiary/aromatic N) is 6. The molecule has 0 aliphatic carbocycles. The van der Waals surface area contributed by atoms with E-state index in [1.165, 1.54) is 52.9 Å². The molecule has 2 aliphatic heterocycles. The molecule has 2 atom stereocenters. The molecule has 0 radical (unpaired) electrons. The molecule has 1 fully saturated rings. The Morgan fingerprint density at radius 2 is 2.26 bits per heavy atom. The number of thioether (sulfide) groups is 2. The Morgan fingerprint density at radius 1 is 1.47 bits per heavy atom. The number of aromatic nitrogens is 4. The van der Waals surface area contributed by atoms with Crippen LogP contribution in [0.1, 0.15) is 5.82 Å². The minimum absolute atomic E-state index is 0.00972. The molecule has 34 heavy (non-hydrogen) atoms. The molecule has 0 bridgehead atoms. The van der Waals surface area contributed by atoms with Crippen LogP contribution in [0.3, 0.4) is 0 Å². The number of amides is 2. The number of halogens is 1. The highest BCUT2D eigenvalue weighted by molar-refractivity contribution is 8.01. The van der Waals surface area contributed by atoms with Gasteiger partial charge in [0.2, 0.25) is 5.71 Å². The molecule has 17 heteroatoms. The summed E-state index contributed by atoms with van der Waals surface area (Å²) >= 11 is 9.90. The summed E-state index contributed by atoms with van der Waals surface area (Å²) < 4.78 is 0.693. The minimum atomic E-state index is -1.22. The number of β-lactam (4-membered cyclic amide) rings is 1. The van der Waals surface area contributed by atoms with Gasteiger partial charge in [0.1, 0.15) is 40.7 Å². The van der Waals surface area contributed by atoms with Gasteiger partial charge in [-0.3, -0.25) is 14.5 Å². The van der Waals surface area contributed by atoms with Crippen molar-refractivity contribution in [1.29, 1.82) is 0 Å². The van der Waals surface area contributed by atoms with E-state index in [1.54, 1.807) is 5.51 Å². The number of anilines is 1. The highest BCUT2D eigenvalue weighted by atomic mass is 35.5. The van der Waals surface area contributed by atoms with E-state index in [4.69, 9.17) is 22.2 Å². The molecule has 13 nitrogen and oxygen atoms in total. The molecule has 2 aliphatic rings. The lowest BCUT2D eigenvalue weighted by Crippen LogP contribution is -2.71. The summed E-state index contributed by atoms with van der Waals surface area (Å²) in [6, 6.07) is 0.308. The van der Waals surface area contributed by atoms with Gasteiger partial charge < -0.3 is 21.0 Å². The van der Waals surface area contributed by atoms with Gasteiger partial charge in [-0.15, -0.1) is 22.0 Å². The first kappa shape index (κ1) is 24.2. The zero-order valence-electron chi connectivity index (χ0n) is 17.2. The van der Waals surface area contributed by atoms with Gasteiger partial charge >= 0.3 is 5.97 Å². The van der Waals surface area contributed by atoms with Crippen LogP contribution in [0.2, 0.25) is 5.15 Å². The van der Waals surface area contributed by atoms with Crippen LogP contribution < -0.4 is 11.1 Å². The van der Waals surface area contributed by atoms with E-state index < -0.39 is 29.2 Å². The maximum atomic E-state index is 12.9. The van der Waals surface area contributed by atoms with Gasteiger partial charge in [0, 0.05) is 17.6 Å². The van der Waals surface area contributed by atoms with Crippen molar-refractivity contribution in [2.45, 2.75) is 15.8 Å². The molecule has 4 heterocycles.